The second kappa shape index (κ2) is 7.46. The summed E-state index contributed by atoms with van der Waals surface area (Å²) in [7, 11) is 0. The molecule has 0 radical (unpaired) electrons. The number of carboxylic acids is 1. The van der Waals surface area contributed by atoms with Crippen molar-refractivity contribution in [3.63, 3.8) is 0 Å². The van der Waals surface area contributed by atoms with Gasteiger partial charge in [0.15, 0.2) is 0 Å². The lowest BCUT2D eigenvalue weighted by molar-refractivity contribution is -0.141. The highest BCUT2D eigenvalue weighted by Gasteiger charge is 2.40. The van der Waals surface area contributed by atoms with Crippen LogP contribution in [0.5, 0.6) is 0 Å². The van der Waals surface area contributed by atoms with E-state index in [0.29, 0.717) is 25.9 Å². The van der Waals surface area contributed by atoms with Crippen molar-refractivity contribution in [3.8, 4) is 0 Å². The second-order valence-electron chi connectivity index (χ2n) is 6.47. The minimum absolute atomic E-state index is 0.00227. The van der Waals surface area contributed by atoms with E-state index in [1.165, 1.54) is 6.33 Å². The number of carbonyl (C=O) groups is 2. The molecule has 3 rings (SSSR count). The molecule has 2 heterocycles. The third-order valence-electron chi connectivity index (χ3n) is 4.82. The number of carboxylic acid groups (broad SMARTS) is 1. The molecule has 2 aromatic rings. The summed E-state index contributed by atoms with van der Waals surface area (Å²) >= 11 is 0. The first-order valence-electron chi connectivity index (χ1n) is 8.45. The highest BCUT2D eigenvalue weighted by atomic mass is 16.4. The van der Waals surface area contributed by atoms with Crippen molar-refractivity contribution in [2.45, 2.75) is 32.2 Å². The van der Waals surface area contributed by atoms with Crippen LogP contribution in [0.15, 0.2) is 36.9 Å². The Kier molecular flexibility index (Phi) is 5.11. The van der Waals surface area contributed by atoms with Crippen LogP contribution in [-0.2, 0) is 16.1 Å². The van der Waals surface area contributed by atoms with E-state index in [4.69, 9.17) is 0 Å². The molecule has 1 amide bonds. The van der Waals surface area contributed by atoms with E-state index < -0.39 is 11.9 Å². The number of amides is 1. The van der Waals surface area contributed by atoms with E-state index in [-0.39, 0.29) is 18.4 Å². The molecule has 0 saturated carbocycles. The van der Waals surface area contributed by atoms with Gasteiger partial charge in [-0.25, -0.2) is 4.98 Å². The molecular formula is C18H22N4O3. The van der Waals surface area contributed by atoms with Crippen molar-refractivity contribution in [2.75, 3.05) is 13.1 Å². The minimum Gasteiger partial charge on any atom is -0.481 e. The van der Waals surface area contributed by atoms with Gasteiger partial charge >= 0.3 is 5.97 Å². The lowest BCUT2D eigenvalue weighted by Gasteiger charge is -2.18. The molecular weight excluding hydrogens is 320 g/mol. The highest BCUT2D eigenvalue weighted by molar-refractivity contribution is 5.79. The number of rotatable bonds is 6. The van der Waals surface area contributed by atoms with Gasteiger partial charge in [0.1, 0.15) is 12.7 Å². The molecule has 1 N–H and O–H groups in total. The molecule has 1 aromatic heterocycles. The zero-order valence-electron chi connectivity index (χ0n) is 14.2. The average molecular weight is 342 g/mol. The molecule has 132 valence electrons. The molecule has 0 unspecified atom stereocenters. The fourth-order valence-electron chi connectivity index (χ4n) is 3.47. The van der Waals surface area contributed by atoms with Crippen molar-refractivity contribution in [2.24, 2.45) is 5.92 Å². The Morgan fingerprint density at radius 2 is 2.08 bits per heavy atom. The predicted octanol–water partition coefficient (Wildman–Crippen LogP) is 1.69. The summed E-state index contributed by atoms with van der Waals surface area (Å²) in [6.45, 7) is 3.35. The summed E-state index contributed by atoms with van der Waals surface area (Å²) in [5.74, 6) is -1.55. The van der Waals surface area contributed by atoms with Crippen molar-refractivity contribution in [3.05, 3.63) is 48.0 Å². The van der Waals surface area contributed by atoms with E-state index in [2.05, 4.69) is 10.1 Å². The fraction of sp³-hybridized carbons (Fsp3) is 0.444. The van der Waals surface area contributed by atoms with Gasteiger partial charge in [0.05, 0.1) is 5.92 Å². The number of carbonyl (C=O) groups excluding carboxylic acids is 1. The smallest absolute Gasteiger partial charge is 0.308 e. The third-order valence-corrected chi connectivity index (χ3v) is 4.82. The summed E-state index contributed by atoms with van der Waals surface area (Å²) in [6, 6.07) is 7.81. The Bertz CT molecular complexity index is 745. The highest BCUT2D eigenvalue weighted by Crippen LogP contribution is 2.34. The van der Waals surface area contributed by atoms with Crippen LogP contribution in [0.4, 0.5) is 0 Å². The van der Waals surface area contributed by atoms with Gasteiger partial charge < -0.3 is 10.0 Å². The molecule has 1 aliphatic rings. The fourth-order valence-corrected chi connectivity index (χ4v) is 3.47. The van der Waals surface area contributed by atoms with Crippen LogP contribution in [0.25, 0.3) is 0 Å². The maximum atomic E-state index is 12.5. The van der Waals surface area contributed by atoms with Crippen molar-refractivity contribution in [1.82, 2.24) is 19.7 Å². The number of likely N-dealkylation sites (tertiary alicyclic amines) is 1. The summed E-state index contributed by atoms with van der Waals surface area (Å²) in [5.41, 5.74) is 2.09. The van der Waals surface area contributed by atoms with Gasteiger partial charge in [0.25, 0.3) is 0 Å². The molecule has 0 spiro atoms. The molecule has 1 aliphatic heterocycles. The zero-order chi connectivity index (χ0) is 17.8. The molecule has 25 heavy (non-hydrogen) atoms. The van der Waals surface area contributed by atoms with Gasteiger partial charge in [0.2, 0.25) is 5.91 Å². The molecule has 1 saturated heterocycles. The summed E-state index contributed by atoms with van der Waals surface area (Å²) in [6.07, 6.45) is 4.12. The Morgan fingerprint density at radius 3 is 2.76 bits per heavy atom. The zero-order valence-corrected chi connectivity index (χ0v) is 14.2. The van der Waals surface area contributed by atoms with Crippen LogP contribution in [0.1, 0.15) is 29.9 Å². The molecule has 1 fully saturated rings. The number of hydrogen-bond acceptors (Lipinski definition) is 4. The van der Waals surface area contributed by atoms with Crippen LogP contribution in [-0.4, -0.2) is 49.7 Å². The minimum atomic E-state index is -0.842. The monoisotopic (exact) mass is 342 g/mol. The lowest BCUT2D eigenvalue weighted by Crippen LogP contribution is -2.29. The van der Waals surface area contributed by atoms with Gasteiger partial charge in [-0.3, -0.25) is 14.3 Å². The average Bonchev–Trinajstić information content (AvgIpc) is 3.24. The molecule has 0 aliphatic carbocycles. The number of aryl methyl sites for hydroxylation is 2. The SMILES string of the molecule is Cc1ccccc1[C@@H]1CN(C(=O)CCCn2cncn2)C[C@H]1C(=O)O. The topological polar surface area (TPSA) is 88.3 Å². The standard InChI is InChI=1S/C18H22N4O3/c1-13-5-2-3-6-14(13)15-9-21(10-16(15)18(24)25)17(23)7-4-8-22-12-19-11-20-22/h2-3,5-6,11-12,15-16H,4,7-10H2,1H3,(H,24,25)/t15-,16+/m0/s1. The lowest BCUT2D eigenvalue weighted by atomic mass is 9.86. The molecule has 7 heteroatoms. The number of benzene rings is 1. The van der Waals surface area contributed by atoms with Crippen LogP contribution < -0.4 is 0 Å². The summed E-state index contributed by atoms with van der Waals surface area (Å²) < 4.78 is 1.69. The quantitative estimate of drug-likeness (QED) is 0.863. The van der Waals surface area contributed by atoms with Gasteiger partial charge in [-0.05, 0) is 24.5 Å². The van der Waals surface area contributed by atoms with Gasteiger partial charge in [-0.15, -0.1) is 0 Å². The van der Waals surface area contributed by atoms with E-state index in [0.717, 1.165) is 11.1 Å². The maximum absolute atomic E-state index is 12.5. The van der Waals surface area contributed by atoms with Crippen LogP contribution in [0, 0.1) is 12.8 Å². The normalized spacial score (nSPS) is 20.0. The van der Waals surface area contributed by atoms with E-state index in [1.807, 2.05) is 31.2 Å². The Balaban J connectivity index is 1.64. The van der Waals surface area contributed by atoms with E-state index in [9.17, 15) is 14.7 Å². The van der Waals surface area contributed by atoms with Crippen LogP contribution >= 0.6 is 0 Å². The second-order valence-corrected chi connectivity index (χ2v) is 6.47. The van der Waals surface area contributed by atoms with Crippen LogP contribution in [0.2, 0.25) is 0 Å². The number of nitrogens with zero attached hydrogens (tertiary/aromatic N) is 4. The Morgan fingerprint density at radius 1 is 1.28 bits per heavy atom. The van der Waals surface area contributed by atoms with E-state index >= 15 is 0 Å². The predicted molar refractivity (Wildman–Crippen MR) is 90.9 cm³/mol. The largest absolute Gasteiger partial charge is 0.481 e. The summed E-state index contributed by atoms with van der Waals surface area (Å²) in [4.78, 5) is 29.7. The third kappa shape index (κ3) is 3.87. The molecule has 2 atom stereocenters. The number of hydrogen-bond donors (Lipinski definition) is 1. The van der Waals surface area contributed by atoms with Crippen molar-refractivity contribution >= 4 is 11.9 Å². The first-order chi connectivity index (χ1) is 12.1. The Hall–Kier alpha value is -2.70. The number of aromatic nitrogens is 3. The Labute approximate surface area is 146 Å². The van der Waals surface area contributed by atoms with Gasteiger partial charge in [0, 0.05) is 32.0 Å². The first kappa shape index (κ1) is 17.1. The molecule has 0 bridgehead atoms. The summed E-state index contributed by atoms with van der Waals surface area (Å²) in [5, 5.41) is 13.6. The maximum Gasteiger partial charge on any atom is 0.308 e. The van der Waals surface area contributed by atoms with E-state index in [1.54, 1.807) is 15.9 Å². The molecule has 7 nitrogen and oxygen atoms in total. The number of aliphatic carboxylic acids is 1. The van der Waals surface area contributed by atoms with Crippen molar-refractivity contribution < 1.29 is 14.7 Å². The van der Waals surface area contributed by atoms with Gasteiger partial charge in [-0.1, -0.05) is 24.3 Å². The van der Waals surface area contributed by atoms with Crippen LogP contribution in [0.3, 0.4) is 0 Å². The van der Waals surface area contributed by atoms with Crippen molar-refractivity contribution in [1.29, 1.82) is 0 Å². The van der Waals surface area contributed by atoms with Gasteiger partial charge in [-0.2, -0.15) is 5.10 Å². The first-order valence-corrected chi connectivity index (χ1v) is 8.45. The molecule has 1 aromatic carbocycles.